The Labute approximate surface area is 136 Å². The summed E-state index contributed by atoms with van der Waals surface area (Å²) < 4.78 is 23.6. The summed E-state index contributed by atoms with van der Waals surface area (Å²) in [6.07, 6.45) is 1.24. The van der Waals surface area contributed by atoms with E-state index in [9.17, 15) is 13.2 Å². The fourth-order valence-corrected chi connectivity index (χ4v) is 2.62. The van der Waals surface area contributed by atoms with E-state index in [-0.39, 0.29) is 10.6 Å². The predicted octanol–water partition coefficient (Wildman–Crippen LogP) is 0.687. The van der Waals surface area contributed by atoms with E-state index < -0.39 is 16.0 Å². The van der Waals surface area contributed by atoms with E-state index in [0.29, 0.717) is 18.0 Å². The number of nitrogens with zero attached hydrogens (tertiary/aromatic N) is 3. The maximum atomic E-state index is 11.2. The molecule has 0 bridgehead atoms. The number of aromatic nitrogens is 3. The van der Waals surface area contributed by atoms with Crippen LogP contribution in [0.4, 0.5) is 5.82 Å². The third-order valence-corrected chi connectivity index (χ3v) is 4.24. The van der Waals surface area contributed by atoms with Gasteiger partial charge in [-0.1, -0.05) is 12.1 Å². The first-order valence-corrected chi connectivity index (χ1v) is 8.33. The van der Waals surface area contributed by atoms with Crippen molar-refractivity contribution >= 4 is 27.5 Å². The summed E-state index contributed by atoms with van der Waals surface area (Å²) in [5.41, 5.74) is 1.20. The second-order valence-corrected chi connectivity index (χ2v) is 6.54. The van der Waals surface area contributed by atoms with Crippen molar-refractivity contribution < 1.29 is 18.3 Å². The van der Waals surface area contributed by atoms with Crippen molar-refractivity contribution in [1.29, 1.82) is 0 Å². The summed E-state index contributed by atoms with van der Waals surface area (Å²) in [6.45, 7) is 0.376. The minimum atomic E-state index is -3.72. The normalized spacial score (nSPS) is 11.5. The van der Waals surface area contributed by atoms with Gasteiger partial charge in [-0.2, -0.15) is 0 Å². The van der Waals surface area contributed by atoms with Crippen molar-refractivity contribution in [2.75, 3.05) is 5.32 Å². The minimum absolute atomic E-state index is 0.0360. The molecule has 24 heavy (non-hydrogen) atoms. The molecule has 0 atom stereocenters. The summed E-state index contributed by atoms with van der Waals surface area (Å²) in [5, 5.41) is 21.3. The molecule has 0 spiro atoms. The molecule has 2 heterocycles. The molecule has 0 unspecified atom stereocenters. The number of carboxylic acid groups (broad SMARTS) is 1. The van der Waals surface area contributed by atoms with Gasteiger partial charge in [0.25, 0.3) is 0 Å². The number of nitrogens with one attached hydrogen (secondary N) is 1. The van der Waals surface area contributed by atoms with Gasteiger partial charge < -0.3 is 10.4 Å². The van der Waals surface area contributed by atoms with Crippen molar-refractivity contribution in [3.05, 3.63) is 53.9 Å². The highest BCUT2D eigenvalue weighted by atomic mass is 32.2. The number of primary sulfonamides is 1. The van der Waals surface area contributed by atoms with E-state index in [2.05, 4.69) is 15.4 Å². The fourth-order valence-electron chi connectivity index (χ4n) is 2.10. The third kappa shape index (κ3) is 3.19. The molecule has 0 aliphatic carbocycles. The first kappa shape index (κ1) is 15.9. The average Bonchev–Trinajstić information content (AvgIpc) is 2.96. The number of sulfonamides is 1. The van der Waals surface area contributed by atoms with Gasteiger partial charge in [0.2, 0.25) is 10.0 Å². The quantitative estimate of drug-likeness (QED) is 0.616. The summed E-state index contributed by atoms with van der Waals surface area (Å²) in [7, 11) is -3.72. The van der Waals surface area contributed by atoms with Crippen LogP contribution in [0.3, 0.4) is 0 Å². The van der Waals surface area contributed by atoms with Gasteiger partial charge in [0.15, 0.2) is 11.3 Å². The van der Waals surface area contributed by atoms with E-state index in [1.54, 1.807) is 24.3 Å². The predicted molar refractivity (Wildman–Crippen MR) is 85.1 cm³/mol. The lowest BCUT2D eigenvalue weighted by molar-refractivity contribution is 0.0688. The summed E-state index contributed by atoms with van der Waals surface area (Å²) >= 11 is 0. The number of aromatic carboxylic acids is 1. The molecule has 4 N–H and O–H groups in total. The van der Waals surface area contributed by atoms with Gasteiger partial charge in [-0.25, -0.2) is 27.9 Å². The van der Waals surface area contributed by atoms with E-state index in [1.807, 2.05) is 0 Å². The summed E-state index contributed by atoms with van der Waals surface area (Å²) in [4.78, 5) is 15.1. The molecule has 2 aromatic heterocycles. The maximum Gasteiger partial charge on any atom is 0.356 e. The van der Waals surface area contributed by atoms with Gasteiger partial charge in [0.1, 0.15) is 5.82 Å². The molecule has 0 saturated carbocycles. The molecule has 10 heteroatoms. The second kappa shape index (κ2) is 5.91. The molecule has 0 aliphatic heterocycles. The van der Waals surface area contributed by atoms with Crippen LogP contribution in [0, 0.1) is 0 Å². The molecule has 0 saturated heterocycles. The molecule has 0 fully saturated rings. The standard InChI is InChI=1S/C14H13N5O4S/c15-24(22,23)10-3-1-9(2-4-10)7-16-12-5-6-13-17-8-11(14(20)21)19(13)18-12/h1-6,8H,7H2,(H,16,18)(H,20,21)(H2,15,22,23). The summed E-state index contributed by atoms with van der Waals surface area (Å²) in [6, 6.07) is 9.41. The van der Waals surface area contributed by atoms with Gasteiger partial charge in [0, 0.05) is 6.54 Å². The van der Waals surface area contributed by atoms with Gasteiger partial charge in [-0.15, -0.1) is 5.10 Å². The Balaban J connectivity index is 1.78. The smallest absolute Gasteiger partial charge is 0.356 e. The first-order valence-electron chi connectivity index (χ1n) is 6.78. The van der Waals surface area contributed by atoms with Crippen molar-refractivity contribution in [2.24, 2.45) is 5.14 Å². The van der Waals surface area contributed by atoms with Crippen LogP contribution in [0.2, 0.25) is 0 Å². The van der Waals surface area contributed by atoms with Gasteiger partial charge in [-0.3, -0.25) is 0 Å². The first-order chi connectivity index (χ1) is 11.3. The topological polar surface area (TPSA) is 140 Å². The lowest BCUT2D eigenvalue weighted by atomic mass is 10.2. The minimum Gasteiger partial charge on any atom is -0.476 e. The zero-order valence-corrected chi connectivity index (χ0v) is 13.1. The van der Waals surface area contributed by atoms with Gasteiger partial charge >= 0.3 is 5.97 Å². The zero-order chi connectivity index (χ0) is 17.3. The van der Waals surface area contributed by atoms with Crippen LogP contribution >= 0.6 is 0 Å². The van der Waals surface area contributed by atoms with Gasteiger partial charge in [0.05, 0.1) is 11.1 Å². The highest BCUT2D eigenvalue weighted by Gasteiger charge is 2.12. The largest absolute Gasteiger partial charge is 0.476 e. The highest BCUT2D eigenvalue weighted by molar-refractivity contribution is 7.89. The molecule has 124 valence electrons. The number of hydrogen-bond donors (Lipinski definition) is 3. The van der Waals surface area contributed by atoms with Crippen LogP contribution in [0.5, 0.6) is 0 Å². The van der Waals surface area contributed by atoms with Crippen molar-refractivity contribution in [3.63, 3.8) is 0 Å². The van der Waals surface area contributed by atoms with E-state index in [0.717, 1.165) is 5.56 Å². The number of fused-ring (bicyclic) bond motifs is 1. The van der Waals surface area contributed by atoms with Crippen LogP contribution in [0.1, 0.15) is 16.1 Å². The SMILES string of the molecule is NS(=O)(=O)c1ccc(CNc2ccc3ncc(C(=O)O)n3n2)cc1. The molecular weight excluding hydrogens is 334 g/mol. The number of carbonyl (C=O) groups is 1. The Kier molecular flexibility index (Phi) is 3.91. The number of nitrogens with two attached hydrogens (primary N) is 1. The van der Waals surface area contributed by atoms with Crippen molar-refractivity contribution in [2.45, 2.75) is 11.4 Å². The molecule has 3 rings (SSSR count). The van der Waals surface area contributed by atoms with Crippen molar-refractivity contribution in [3.8, 4) is 0 Å². The molecule has 9 nitrogen and oxygen atoms in total. The Morgan fingerprint density at radius 1 is 1.21 bits per heavy atom. The van der Waals surface area contributed by atoms with Crippen molar-refractivity contribution in [1.82, 2.24) is 14.6 Å². The average molecular weight is 347 g/mol. The zero-order valence-electron chi connectivity index (χ0n) is 12.2. The van der Waals surface area contributed by atoms with E-state index >= 15 is 0 Å². The Hall–Kier alpha value is -2.98. The Morgan fingerprint density at radius 3 is 2.54 bits per heavy atom. The second-order valence-electron chi connectivity index (χ2n) is 4.98. The monoisotopic (exact) mass is 347 g/mol. The Bertz CT molecular complexity index is 1010. The van der Waals surface area contributed by atoms with Crippen LogP contribution in [-0.4, -0.2) is 34.1 Å². The molecule has 0 amide bonds. The Morgan fingerprint density at radius 2 is 1.92 bits per heavy atom. The third-order valence-electron chi connectivity index (χ3n) is 3.31. The van der Waals surface area contributed by atoms with Crippen LogP contribution in [0.25, 0.3) is 5.65 Å². The number of carboxylic acids is 1. The van der Waals surface area contributed by atoms with E-state index in [1.165, 1.54) is 22.8 Å². The van der Waals surface area contributed by atoms with Gasteiger partial charge in [-0.05, 0) is 29.8 Å². The van der Waals surface area contributed by atoms with Crippen LogP contribution < -0.4 is 10.5 Å². The molecule has 1 aromatic carbocycles. The number of anilines is 1. The molecule has 0 radical (unpaired) electrons. The van der Waals surface area contributed by atoms with E-state index in [4.69, 9.17) is 10.2 Å². The highest BCUT2D eigenvalue weighted by Crippen LogP contribution is 2.12. The number of rotatable bonds is 5. The molecule has 3 aromatic rings. The lowest BCUT2D eigenvalue weighted by Crippen LogP contribution is -2.12. The molecular formula is C14H13N5O4S. The maximum absolute atomic E-state index is 11.2. The number of benzene rings is 1. The fraction of sp³-hybridized carbons (Fsp3) is 0.0714. The van der Waals surface area contributed by atoms with Crippen LogP contribution in [-0.2, 0) is 16.6 Å². The number of hydrogen-bond acceptors (Lipinski definition) is 6. The lowest BCUT2D eigenvalue weighted by Gasteiger charge is -2.07. The number of imidazole rings is 1. The molecule has 0 aliphatic rings. The van der Waals surface area contributed by atoms with Crippen LogP contribution in [0.15, 0.2) is 47.5 Å². The summed E-state index contributed by atoms with van der Waals surface area (Å²) in [5.74, 6) is -0.663.